The molecule has 1 fully saturated rings. The van der Waals surface area contributed by atoms with Crippen molar-refractivity contribution in [2.75, 3.05) is 13.1 Å². The number of hydrogen-bond acceptors (Lipinski definition) is 3. The highest BCUT2D eigenvalue weighted by Crippen LogP contribution is 2.34. The van der Waals surface area contributed by atoms with E-state index >= 15 is 0 Å². The van der Waals surface area contributed by atoms with Crippen LogP contribution in [0, 0.1) is 0 Å². The fourth-order valence-electron chi connectivity index (χ4n) is 2.76. The Morgan fingerprint density at radius 2 is 2.06 bits per heavy atom. The second-order valence-electron chi connectivity index (χ2n) is 5.52. The molecule has 0 aliphatic carbocycles. The van der Waals surface area contributed by atoms with Crippen molar-refractivity contribution in [1.82, 2.24) is 14.7 Å². The molecular weight excluding hydrogens is 292 g/mol. The summed E-state index contributed by atoms with van der Waals surface area (Å²) in [5.74, 6) is 0. The highest BCUT2D eigenvalue weighted by Gasteiger charge is 2.37. The summed E-state index contributed by atoms with van der Waals surface area (Å²) in [6, 6.07) is -0.0348. The molecule has 2 N–H and O–H groups in total. The molecular formula is C13H23BrN4. The molecule has 18 heavy (non-hydrogen) atoms. The van der Waals surface area contributed by atoms with Gasteiger partial charge in [-0.05, 0) is 62.6 Å². The average molecular weight is 315 g/mol. The van der Waals surface area contributed by atoms with Gasteiger partial charge in [0.1, 0.15) is 0 Å². The normalized spacial score (nSPS) is 19.4. The van der Waals surface area contributed by atoms with Crippen molar-refractivity contribution in [3.8, 4) is 0 Å². The minimum atomic E-state index is -0.0357. The van der Waals surface area contributed by atoms with Crippen LogP contribution in [0.4, 0.5) is 0 Å². The van der Waals surface area contributed by atoms with Gasteiger partial charge in [-0.3, -0.25) is 9.58 Å². The smallest absolute Gasteiger partial charge is 0.0712 e. The lowest BCUT2D eigenvalue weighted by molar-refractivity contribution is 0.120. The third kappa shape index (κ3) is 2.36. The lowest BCUT2D eigenvalue weighted by Gasteiger charge is -2.40. The largest absolute Gasteiger partial charge is 0.321 e. The van der Waals surface area contributed by atoms with Crippen LogP contribution in [-0.4, -0.2) is 33.3 Å². The van der Waals surface area contributed by atoms with E-state index in [0.717, 1.165) is 29.8 Å². The first-order valence-electron chi connectivity index (χ1n) is 6.70. The molecule has 4 nitrogen and oxygen atoms in total. The summed E-state index contributed by atoms with van der Waals surface area (Å²) < 4.78 is 3.01. The molecule has 0 radical (unpaired) electrons. The van der Waals surface area contributed by atoms with E-state index in [-0.39, 0.29) is 11.6 Å². The minimum absolute atomic E-state index is 0.0348. The number of hydrogen-bond donors (Lipinski definition) is 1. The molecule has 1 unspecified atom stereocenters. The molecule has 0 aromatic carbocycles. The molecule has 1 aliphatic heterocycles. The first kappa shape index (κ1) is 14.0. The van der Waals surface area contributed by atoms with Gasteiger partial charge in [0.2, 0.25) is 0 Å². The molecule has 2 rings (SSSR count). The predicted molar refractivity (Wildman–Crippen MR) is 77.4 cm³/mol. The van der Waals surface area contributed by atoms with E-state index in [9.17, 15) is 0 Å². The van der Waals surface area contributed by atoms with Gasteiger partial charge in [0.25, 0.3) is 0 Å². The maximum Gasteiger partial charge on any atom is 0.0712 e. The van der Waals surface area contributed by atoms with Crippen molar-refractivity contribution >= 4 is 15.9 Å². The van der Waals surface area contributed by atoms with Crippen molar-refractivity contribution in [2.24, 2.45) is 5.73 Å². The summed E-state index contributed by atoms with van der Waals surface area (Å²) in [4.78, 5) is 2.50. The SMILES string of the molecule is CCn1ncc(Br)c1C(N)C(C)(C)N1CCCC1. The molecule has 1 atom stereocenters. The quantitative estimate of drug-likeness (QED) is 0.929. The van der Waals surface area contributed by atoms with E-state index in [1.165, 1.54) is 12.8 Å². The lowest BCUT2D eigenvalue weighted by atomic mass is 9.90. The van der Waals surface area contributed by atoms with Crippen LogP contribution in [0.25, 0.3) is 0 Å². The van der Waals surface area contributed by atoms with Gasteiger partial charge >= 0.3 is 0 Å². The fraction of sp³-hybridized carbons (Fsp3) is 0.769. The third-order valence-corrected chi connectivity index (χ3v) is 4.72. The third-order valence-electron chi connectivity index (χ3n) is 4.11. The summed E-state index contributed by atoms with van der Waals surface area (Å²) >= 11 is 3.58. The summed E-state index contributed by atoms with van der Waals surface area (Å²) in [7, 11) is 0. The van der Waals surface area contributed by atoms with Gasteiger partial charge in [0.15, 0.2) is 0 Å². The van der Waals surface area contributed by atoms with Crippen LogP contribution >= 0.6 is 15.9 Å². The van der Waals surface area contributed by atoms with Gasteiger partial charge < -0.3 is 5.73 Å². The van der Waals surface area contributed by atoms with Crippen molar-refractivity contribution in [3.63, 3.8) is 0 Å². The minimum Gasteiger partial charge on any atom is -0.321 e. The molecule has 1 aromatic heterocycles. The van der Waals surface area contributed by atoms with E-state index in [1.54, 1.807) is 0 Å². The molecule has 1 aliphatic rings. The zero-order valence-electron chi connectivity index (χ0n) is 11.5. The topological polar surface area (TPSA) is 47.1 Å². The van der Waals surface area contributed by atoms with E-state index in [4.69, 9.17) is 5.73 Å². The number of rotatable bonds is 4. The average Bonchev–Trinajstić information content (AvgIpc) is 2.96. The van der Waals surface area contributed by atoms with Crippen LogP contribution in [-0.2, 0) is 6.54 Å². The molecule has 102 valence electrons. The van der Waals surface area contributed by atoms with E-state index in [0.29, 0.717) is 0 Å². The van der Waals surface area contributed by atoms with Crippen molar-refractivity contribution < 1.29 is 0 Å². The number of aryl methyl sites for hydroxylation is 1. The van der Waals surface area contributed by atoms with Crippen molar-refractivity contribution in [1.29, 1.82) is 0 Å². The monoisotopic (exact) mass is 314 g/mol. The molecule has 0 spiro atoms. The van der Waals surface area contributed by atoms with Crippen LogP contribution < -0.4 is 5.73 Å². The Balaban J connectivity index is 2.28. The van der Waals surface area contributed by atoms with Crippen LogP contribution in [0.3, 0.4) is 0 Å². The maximum atomic E-state index is 6.54. The van der Waals surface area contributed by atoms with E-state index < -0.39 is 0 Å². The second kappa shape index (κ2) is 5.31. The summed E-state index contributed by atoms with van der Waals surface area (Å²) in [5.41, 5.74) is 7.61. The molecule has 0 saturated carbocycles. The Hall–Kier alpha value is -0.390. The van der Waals surface area contributed by atoms with Crippen molar-refractivity contribution in [2.45, 2.75) is 51.7 Å². The highest BCUT2D eigenvalue weighted by molar-refractivity contribution is 9.10. The zero-order chi connectivity index (χ0) is 13.3. The molecule has 5 heteroatoms. The zero-order valence-corrected chi connectivity index (χ0v) is 13.1. The summed E-state index contributed by atoms with van der Waals surface area (Å²) in [6.45, 7) is 9.73. The van der Waals surface area contributed by atoms with Crippen LogP contribution in [0.5, 0.6) is 0 Å². The molecule has 0 amide bonds. The number of nitrogens with zero attached hydrogens (tertiary/aromatic N) is 3. The maximum absolute atomic E-state index is 6.54. The van der Waals surface area contributed by atoms with E-state index in [1.807, 2.05) is 10.9 Å². The van der Waals surface area contributed by atoms with Gasteiger partial charge in [-0.25, -0.2) is 0 Å². The lowest BCUT2D eigenvalue weighted by Crippen LogP contribution is -2.50. The first-order valence-corrected chi connectivity index (χ1v) is 7.49. The van der Waals surface area contributed by atoms with Crippen LogP contribution in [0.1, 0.15) is 45.3 Å². The summed E-state index contributed by atoms with van der Waals surface area (Å²) in [5, 5.41) is 4.37. The standard InChI is InChI=1S/C13H23BrN4/c1-4-18-11(10(14)9-16-18)12(15)13(2,3)17-7-5-6-8-17/h9,12H,4-8,15H2,1-3H3. The molecule has 1 aromatic rings. The van der Waals surface area contributed by atoms with Crippen LogP contribution in [0.15, 0.2) is 10.7 Å². The summed E-state index contributed by atoms with van der Waals surface area (Å²) in [6.07, 6.45) is 4.41. The Kier molecular flexibility index (Phi) is 4.14. The Morgan fingerprint density at radius 1 is 1.44 bits per heavy atom. The second-order valence-corrected chi connectivity index (χ2v) is 6.37. The Morgan fingerprint density at radius 3 is 2.61 bits per heavy atom. The predicted octanol–water partition coefficient (Wildman–Crippen LogP) is 2.54. The molecule has 2 heterocycles. The molecule has 0 bridgehead atoms. The van der Waals surface area contributed by atoms with Gasteiger partial charge in [-0.15, -0.1) is 0 Å². The molecule has 1 saturated heterocycles. The Bertz CT molecular complexity index is 407. The van der Waals surface area contributed by atoms with Gasteiger partial charge in [0, 0.05) is 12.1 Å². The first-order chi connectivity index (χ1) is 8.48. The van der Waals surface area contributed by atoms with Gasteiger partial charge in [0.05, 0.1) is 22.4 Å². The number of nitrogens with two attached hydrogens (primary N) is 1. The van der Waals surface area contributed by atoms with Crippen molar-refractivity contribution in [3.05, 3.63) is 16.4 Å². The van der Waals surface area contributed by atoms with E-state index in [2.05, 4.69) is 46.7 Å². The van der Waals surface area contributed by atoms with Crippen LogP contribution in [0.2, 0.25) is 0 Å². The number of halogens is 1. The van der Waals surface area contributed by atoms with Gasteiger partial charge in [-0.2, -0.15) is 5.10 Å². The number of likely N-dealkylation sites (tertiary alicyclic amines) is 1. The Labute approximate surface area is 118 Å². The highest BCUT2D eigenvalue weighted by atomic mass is 79.9. The fourth-order valence-corrected chi connectivity index (χ4v) is 3.30. The van der Waals surface area contributed by atoms with Gasteiger partial charge in [-0.1, -0.05) is 0 Å². The number of aromatic nitrogens is 2.